The normalized spacial score (nSPS) is 20.6. The Morgan fingerprint density at radius 2 is 1.84 bits per heavy atom. The summed E-state index contributed by atoms with van der Waals surface area (Å²) in [4.78, 5) is 10.7. The molecular weight excluding hydrogens is 240 g/mol. The summed E-state index contributed by atoms with van der Waals surface area (Å²) in [6, 6.07) is 6.02. The van der Waals surface area contributed by atoms with Crippen LogP contribution in [0.3, 0.4) is 0 Å². The van der Waals surface area contributed by atoms with Gasteiger partial charge in [-0.25, -0.2) is 0 Å². The maximum absolute atomic E-state index is 10.7. The van der Waals surface area contributed by atoms with E-state index in [1.165, 1.54) is 16.7 Å². The van der Waals surface area contributed by atoms with Crippen LogP contribution in [-0.4, -0.2) is 24.3 Å². The van der Waals surface area contributed by atoms with E-state index in [-0.39, 0.29) is 11.9 Å². The lowest BCUT2D eigenvalue weighted by atomic mass is 10.00. The molecule has 4 nitrogen and oxygen atoms in total. The number of hydrogen-bond donors (Lipinski definition) is 2. The number of aryl methyl sites for hydroxylation is 2. The van der Waals surface area contributed by atoms with Crippen molar-refractivity contribution >= 4 is 5.91 Å². The Bertz CT molecular complexity index is 435. The van der Waals surface area contributed by atoms with Crippen molar-refractivity contribution in [1.82, 2.24) is 5.32 Å². The number of primary amides is 1. The molecule has 0 bridgehead atoms. The van der Waals surface area contributed by atoms with Crippen LogP contribution in [0.25, 0.3) is 0 Å². The van der Waals surface area contributed by atoms with E-state index in [9.17, 15) is 4.79 Å². The minimum absolute atomic E-state index is 0.354. The fourth-order valence-corrected chi connectivity index (χ4v) is 1.98. The predicted octanol–water partition coefficient (Wildman–Crippen LogP) is 1.81. The van der Waals surface area contributed by atoms with E-state index in [2.05, 4.69) is 44.3 Å². The van der Waals surface area contributed by atoms with E-state index in [0.717, 1.165) is 0 Å². The highest BCUT2D eigenvalue weighted by atomic mass is 16.5. The van der Waals surface area contributed by atoms with E-state index < -0.39 is 5.60 Å². The van der Waals surface area contributed by atoms with Crippen molar-refractivity contribution in [2.24, 2.45) is 5.73 Å². The maximum atomic E-state index is 10.7. The average molecular weight is 264 g/mol. The van der Waals surface area contributed by atoms with Gasteiger partial charge in [0.15, 0.2) is 0 Å². The molecule has 2 rings (SSSR count). The fraction of sp³-hybridized carbons (Fsp3) is 0.533. The Morgan fingerprint density at radius 1 is 1.32 bits per heavy atom. The molecule has 1 heterocycles. The smallest absolute Gasteiger partial charge is 0.237 e. The largest absolute Gasteiger partial charge is 0.368 e. The molecule has 0 aromatic heterocycles. The van der Waals surface area contributed by atoms with Crippen molar-refractivity contribution in [3.63, 3.8) is 0 Å². The summed E-state index contributed by atoms with van der Waals surface area (Å²) in [5, 5.41) is 2.85. The van der Waals surface area contributed by atoms with Crippen LogP contribution in [0.1, 0.15) is 30.5 Å². The van der Waals surface area contributed by atoms with Gasteiger partial charge in [-0.1, -0.05) is 18.2 Å². The molecule has 1 fully saturated rings. The van der Waals surface area contributed by atoms with Gasteiger partial charge in [0, 0.05) is 0 Å². The SMILES string of the molecule is CC1(C)OCN[C@@H]1C(N)=O.Cc1cccc(C)c1C. The third kappa shape index (κ3) is 4.04. The van der Waals surface area contributed by atoms with Gasteiger partial charge >= 0.3 is 0 Å². The van der Waals surface area contributed by atoms with Gasteiger partial charge in [-0.3, -0.25) is 10.1 Å². The van der Waals surface area contributed by atoms with E-state index >= 15 is 0 Å². The number of amides is 1. The van der Waals surface area contributed by atoms with E-state index in [4.69, 9.17) is 10.5 Å². The third-order valence-corrected chi connectivity index (χ3v) is 3.59. The summed E-state index contributed by atoms with van der Waals surface area (Å²) in [6.07, 6.45) is 0. The minimum atomic E-state index is -0.453. The molecule has 0 aliphatic carbocycles. The molecule has 106 valence electrons. The molecule has 1 aliphatic rings. The number of carbonyl (C=O) groups is 1. The first-order valence-electron chi connectivity index (χ1n) is 6.45. The molecule has 0 saturated carbocycles. The second-order valence-electron chi connectivity index (χ2n) is 5.45. The van der Waals surface area contributed by atoms with E-state index in [1.807, 2.05) is 13.8 Å². The number of benzene rings is 1. The lowest BCUT2D eigenvalue weighted by molar-refractivity contribution is -0.122. The van der Waals surface area contributed by atoms with Gasteiger partial charge in [-0.15, -0.1) is 0 Å². The molecule has 0 radical (unpaired) electrons. The summed E-state index contributed by atoms with van der Waals surface area (Å²) in [5.41, 5.74) is 8.82. The Labute approximate surface area is 115 Å². The van der Waals surface area contributed by atoms with Gasteiger partial charge < -0.3 is 10.5 Å². The first-order chi connectivity index (χ1) is 8.75. The zero-order valence-corrected chi connectivity index (χ0v) is 12.4. The summed E-state index contributed by atoms with van der Waals surface area (Å²) < 4.78 is 5.20. The van der Waals surface area contributed by atoms with Gasteiger partial charge in [0.25, 0.3) is 0 Å². The van der Waals surface area contributed by atoms with Crippen molar-refractivity contribution in [1.29, 1.82) is 0 Å². The summed E-state index contributed by atoms with van der Waals surface area (Å²) >= 11 is 0. The first-order valence-corrected chi connectivity index (χ1v) is 6.45. The third-order valence-electron chi connectivity index (χ3n) is 3.59. The van der Waals surface area contributed by atoms with Crippen LogP contribution in [0.15, 0.2) is 18.2 Å². The number of rotatable bonds is 1. The zero-order chi connectivity index (χ0) is 14.6. The topological polar surface area (TPSA) is 64.3 Å². The molecule has 4 heteroatoms. The van der Waals surface area contributed by atoms with Crippen molar-refractivity contribution in [3.05, 3.63) is 34.9 Å². The molecule has 1 atom stereocenters. The zero-order valence-electron chi connectivity index (χ0n) is 12.4. The van der Waals surface area contributed by atoms with Crippen LogP contribution < -0.4 is 11.1 Å². The van der Waals surface area contributed by atoms with E-state index in [1.54, 1.807) is 0 Å². The monoisotopic (exact) mass is 264 g/mol. The van der Waals surface area contributed by atoms with Crippen molar-refractivity contribution in [2.75, 3.05) is 6.73 Å². The first kappa shape index (κ1) is 15.7. The molecule has 1 aliphatic heterocycles. The molecular formula is C15H24N2O2. The molecule has 0 unspecified atom stereocenters. The summed E-state index contributed by atoms with van der Waals surface area (Å²) in [6.45, 7) is 10.5. The molecule has 0 spiro atoms. The number of hydrogen-bond acceptors (Lipinski definition) is 3. The van der Waals surface area contributed by atoms with Crippen LogP contribution in [0, 0.1) is 20.8 Å². The maximum Gasteiger partial charge on any atom is 0.237 e. The van der Waals surface area contributed by atoms with Crippen molar-refractivity contribution in [2.45, 2.75) is 46.3 Å². The lowest BCUT2D eigenvalue weighted by Gasteiger charge is -2.21. The highest BCUT2D eigenvalue weighted by Crippen LogP contribution is 2.18. The number of nitrogens with two attached hydrogens (primary N) is 1. The number of ether oxygens (including phenoxy) is 1. The van der Waals surface area contributed by atoms with Crippen LogP contribution in [-0.2, 0) is 9.53 Å². The van der Waals surface area contributed by atoms with Gasteiger partial charge in [0.05, 0.1) is 12.3 Å². The van der Waals surface area contributed by atoms with Crippen LogP contribution in [0.4, 0.5) is 0 Å². The van der Waals surface area contributed by atoms with Crippen LogP contribution in [0.2, 0.25) is 0 Å². The summed E-state index contributed by atoms with van der Waals surface area (Å²) in [5.74, 6) is -0.359. The van der Waals surface area contributed by atoms with Gasteiger partial charge in [-0.2, -0.15) is 0 Å². The highest BCUT2D eigenvalue weighted by Gasteiger charge is 2.39. The van der Waals surface area contributed by atoms with Gasteiger partial charge in [-0.05, 0) is 51.3 Å². The Kier molecular flexibility index (Phi) is 5.09. The average Bonchev–Trinajstić information content (AvgIpc) is 2.67. The summed E-state index contributed by atoms with van der Waals surface area (Å²) in [7, 11) is 0. The Balaban J connectivity index is 0.000000191. The van der Waals surface area contributed by atoms with Crippen molar-refractivity contribution in [3.8, 4) is 0 Å². The van der Waals surface area contributed by atoms with Crippen LogP contribution in [0.5, 0.6) is 0 Å². The Morgan fingerprint density at radius 3 is 2.11 bits per heavy atom. The molecule has 19 heavy (non-hydrogen) atoms. The Hall–Kier alpha value is -1.39. The molecule has 1 aromatic carbocycles. The van der Waals surface area contributed by atoms with Crippen molar-refractivity contribution < 1.29 is 9.53 Å². The number of nitrogens with one attached hydrogen (secondary N) is 1. The molecule has 1 aromatic rings. The molecule has 1 amide bonds. The minimum Gasteiger partial charge on any atom is -0.368 e. The van der Waals surface area contributed by atoms with E-state index in [0.29, 0.717) is 6.73 Å². The second kappa shape index (κ2) is 6.17. The highest BCUT2D eigenvalue weighted by molar-refractivity contribution is 5.81. The standard InChI is InChI=1S/C9H12.C6H12N2O2/c1-7-5-4-6-8(2)9(7)3;1-6(2)4(5(7)9)8-3-10-6/h4-6H,1-3H3;4,8H,3H2,1-2H3,(H2,7,9)/t;4-/m.1/s1. The molecule has 1 saturated heterocycles. The predicted molar refractivity (Wildman–Crippen MR) is 76.8 cm³/mol. The second-order valence-corrected chi connectivity index (χ2v) is 5.45. The van der Waals surface area contributed by atoms with Gasteiger partial charge in [0.1, 0.15) is 6.04 Å². The van der Waals surface area contributed by atoms with Gasteiger partial charge in [0.2, 0.25) is 5.91 Å². The van der Waals surface area contributed by atoms with Crippen LogP contribution >= 0.6 is 0 Å². The molecule has 3 N–H and O–H groups in total. The lowest BCUT2D eigenvalue weighted by Crippen LogP contribution is -2.48. The fourth-order valence-electron chi connectivity index (χ4n) is 1.98. The number of carbonyl (C=O) groups excluding carboxylic acids is 1. The quantitative estimate of drug-likeness (QED) is 0.813.